The van der Waals surface area contributed by atoms with Gasteiger partial charge in [0, 0.05) is 23.7 Å². The lowest BCUT2D eigenvalue weighted by Gasteiger charge is -2.12. The summed E-state index contributed by atoms with van der Waals surface area (Å²) in [5.74, 6) is 5.14. The van der Waals surface area contributed by atoms with Gasteiger partial charge in [0.2, 0.25) is 11.8 Å². The molecule has 0 bridgehead atoms. The molecule has 3 aromatic carbocycles. The second-order valence-electron chi connectivity index (χ2n) is 7.78. The van der Waals surface area contributed by atoms with Crippen molar-refractivity contribution in [2.75, 3.05) is 5.73 Å². The van der Waals surface area contributed by atoms with Crippen LogP contribution in [-0.4, -0.2) is 26.9 Å². The summed E-state index contributed by atoms with van der Waals surface area (Å²) in [5.41, 5.74) is 17.2. The number of aromatic carboxylic acids is 1. The fourth-order valence-corrected chi connectivity index (χ4v) is 3.60. The predicted octanol–water partition coefficient (Wildman–Crippen LogP) is 3.17. The SMILES string of the molecule is N/N=C(\N)c1ccccc1-c1ccc(COc2nc(N)ncc2Cc2ccc(C(=O)O)cc2)cc1. The molecule has 0 aliphatic carbocycles. The minimum Gasteiger partial charge on any atom is -0.478 e. The number of ether oxygens (including phenoxy) is 1. The Morgan fingerprint density at radius 3 is 2.34 bits per heavy atom. The molecule has 4 rings (SSSR count). The first-order valence-electron chi connectivity index (χ1n) is 10.7. The van der Waals surface area contributed by atoms with Gasteiger partial charge in [0.05, 0.1) is 5.56 Å². The van der Waals surface area contributed by atoms with E-state index in [-0.39, 0.29) is 24.0 Å². The van der Waals surface area contributed by atoms with Gasteiger partial charge in [-0.15, -0.1) is 0 Å². The molecule has 1 aromatic heterocycles. The number of hydrazone groups is 1. The van der Waals surface area contributed by atoms with Crippen molar-refractivity contribution in [3.8, 4) is 17.0 Å². The van der Waals surface area contributed by atoms with Crippen LogP contribution in [0.25, 0.3) is 11.1 Å². The molecule has 35 heavy (non-hydrogen) atoms. The first kappa shape index (κ1) is 23.2. The Hall–Kier alpha value is -4.92. The van der Waals surface area contributed by atoms with Gasteiger partial charge in [-0.1, -0.05) is 60.7 Å². The number of hydrogen-bond donors (Lipinski definition) is 4. The van der Waals surface area contributed by atoms with Crippen LogP contribution >= 0.6 is 0 Å². The van der Waals surface area contributed by atoms with Gasteiger partial charge in [0.1, 0.15) is 6.61 Å². The number of carbonyl (C=O) groups is 1. The van der Waals surface area contributed by atoms with E-state index in [1.165, 1.54) is 0 Å². The molecule has 9 heteroatoms. The second kappa shape index (κ2) is 10.3. The molecule has 0 atom stereocenters. The molecule has 4 aromatic rings. The van der Waals surface area contributed by atoms with Crippen molar-refractivity contribution in [3.63, 3.8) is 0 Å². The van der Waals surface area contributed by atoms with Gasteiger partial charge in [-0.25, -0.2) is 9.78 Å². The standard InChI is InChI=1S/C26H24N6O3/c27-23(32-29)22-4-2-1-3-21(22)18-9-7-17(8-10-18)15-35-24-20(14-30-26(28)31-24)13-16-5-11-19(12-6-16)25(33)34/h1-12,14H,13,15,29H2,(H2,27,32)(H,33,34)(H2,28,30,31). The van der Waals surface area contributed by atoms with Gasteiger partial charge in [-0.2, -0.15) is 10.1 Å². The first-order valence-corrected chi connectivity index (χ1v) is 10.7. The topological polar surface area (TPSA) is 163 Å². The normalized spacial score (nSPS) is 11.3. The molecular formula is C26H24N6O3. The van der Waals surface area contributed by atoms with Crippen molar-refractivity contribution in [1.29, 1.82) is 0 Å². The maximum atomic E-state index is 11.1. The number of nitrogens with zero attached hydrogens (tertiary/aromatic N) is 3. The number of hydrogen-bond acceptors (Lipinski definition) is 7. The molecule has 7 N–H and O–H groups in total. The minimum atomic E-state index is -0.970. The van der Waals surface area contributed by atoms with E-state index in [2.05, 4.69) is 15.1 Å². The van der Waals surface area contributed by atoms with Crippen LogP contribution < -0.4 is 22.0 Å². The molecule has 0 saturated heterocycles. The molecule has 9 nitrogen and oxygen atoms in total. The highest BCUT2D eigenvalue weighted by Gasteiger charge is 2.11. The summed E-state index contributed by atoms with van der Waals surface area (Å²) in [5, 5.41) is 12.7. The predicted molar refractivity (Wildman–Crippen MR) is 134 cm³/mol. The van der Waals surface area contributed by atoms with E-state index in [1.807, 2.05) is 48.5 Å². The van der Waals surface area contributed by atoms with Crippen molar-refractivity contribution >= 4 is 17.8 Å². The zero-order valence-electron chi connectivity index (χ0n) is 18.8. The van der Waals surface area contributed by atoms with Gasteiger partial charge in [0.15, 0.2) is 5.84 Å². The zero-order valence-corrected chi connectivity index (χ0v) is 18.8. The average molecular weight is 469 g/mol. The van der Waals surface area contributed by atoms with Crippen LogP contribution in [0.5, 0.6) is 5.88 Å². The van der Waals surface area contributed by atoms with Crippen molar-refractivity contribution in [2.24, 2.45) is 16.7 Å². The van der Waals surface area contributed by atoms with Gasteiger partial charge in [-0.3, -0.25) is 0 Å². The van der Waals surface area contributed by atoms with Crippen molar-refractivity contribution in [1.82, 2.24) is 9.97 Å². The molecule has 0 radical (unpaired) electrons. The zero-order chi connectivity index (χ0) is 24.8. The number of rotatable bonds is 8. The lowest BCUT2D eigenvalue weighted by molar-refractivity contribution is 0.0697. The summed E-state index contributed by atoms with van der Waals surface area (Å²) in [7, 11) is 0. The lowest BCUT2D eigenvalue weighted by atomic mass is 9.98. The summed E-state index contributed by atoms with van der Waals surface area (Å²) >= 11 is 0. The largest absolute Gasteiger partial charge is 0.478 e. The molecule has 0 spiro atoms. The van der Waals surface area contributed by atoms with E-state index in [1.54, 1.807) is 30.5 Å². The van der Waals surface area contributed by atoms with E-state index in [0.29, 0.717) is 12.3 Å². The Morgan fingerprint density at radius 1 is 0.971 bits per heavy atom. The summed E-state index contributed by atoms with van der Waals surface area (Å²) < 4.78 is 5.98. The van der Waals surface area contributed by atoms with E-state index < -0.39 is 5.97 Å². The van der Waals surface area contributed by atoms with Crippen LogP contribution in [-0.2, 0) is 13.0 Å². The summed E-state index contributed by atoms with van der Waals surface area (Å²) in [6.45, 7) is 0.274. The van der Waals surface area contributed by atoms with Crippen LogP contribution in [0.2, 0.25) is 0 Å². The Balaban J connectivity index is 1.49. The molecule has 176 valence electrons. The van der Waals surface area contributed by atoms with E-state index in [0.717, 1.165) is 33.4 Å². The number of amidine groups is 1. The third-order valence-electron chi connectivity index (χ3n) is 5.42. The number of carboxylic acid groups (broad SMARTS) is 1. The van der Waals surface area contributed by atoms with Crippen molar-refractivity contribution in [2.45, 2.75) is 13.0 Å². The van der Waals surface area contributed by atoms with Crippen molar-refractivity contribution in [3.05, 3.63) is 107 Å². The minimum absolute atomic E-state index is 0.107. The van der Waals surface area contributed by atoms with E-state index >= 15 is 0 Å². The Kier molecular flexibility index (Phi) is 6.87. The summed E-state index contributed by atoms with van der Waals surface area (Å²) in [6, 6.07) is 22.1. The molecule has 1 heterocycles. The number of nitrogen functional groups attached to an aromatic ring is 1. The van der Waals surface area contributed by atoms with E-state index in [9.17, 15) is 4.79 Å². The third kappa shape index (κ3) is 5.53. The summed E-state index contributed by atoms with van der Waals surface area (Å²) in [4.78, 5) is 19.4. The highest BCUT2D eigenvalue weighted by Crippen LogP contribution is 2.25. The smallest absolute Gasteiger partial charge is 0.335 e. The Bertz CT molecular complexity index is 1370. The number of nitrogens with two attached hydrogens (primary N) is 3. The van der Waals surface area contributed by atoms with E-state index in [4.69, 9.17) is 27.2 Å². The second-order valence-corrected chi connectivity index (χ2v) is 7.78. The highest BCUT2D eigenvalue weighted by molar-refractivity contribution is 6.03. The molecule has 0 saturated carbocycles. The monoisotopic (exact) mass is 468 g/mol. The Labute approximate surface area is 201 Å². The lowest BCUT2D eigenvalue weighted by Crippen LogP contribution is -2.16. The number of benzene rings is 3. The van der Waals surface area contributed by atoms with Crippen molar-refractivity contribution < 1.29 is 14.6 Å². The summed E-state index contributed by atoms with van der Waals surface area (Å²) in [6.07, 6.45) is 2.08. The fourth-order valence-electron chi connectivity index (χ4n) is 3.60. The quantitative estimate of drug-likeness (QED) is 0.133. The Morgan fingerprint density at radius 2 is 1.66 bits per heavy atom. The number of carboxylic acids is 1. The highest BCUT2D eigenvalue weighted by atomic mass is 16.5. The molecule has 0 aliphatic rings. The van der Waals surface area contributed by atoms with Gasteiger partial charge in [0.25, 0.3) is 0 Å². The molecule has 0 unspecified atom stereocenters. The maximum absolute atomic E-state index is 11.1. The fraction of sp³-hybridized carbons (Fsp3) is 0.0769. The molecule has 0 fully saturated rings. The number of anilines is 1. The average Bonchev–Trinajstić information content (AvgIpc) is 2.89. The van der Waals surface area contributed by atoms with Crippen LogP contribution in [0.4, 0.5) is 5.95 Å². The molecule has 0 amide bonds. The van der Waals surface area contributed by atoms with Crippen LogP contribution in [0, 0.1) is 0 Å². The van der Waals surface area contributed by atoms with Gasteiger partial charge in [-0.05, 0) is 34.4 Å². The molecule has 0 aliphatic heterocycles. The number of aromatic nitrogens is 2. The first-order chi connectivity index (χ1) is 16.9. The molecular weight excluding hydrogens is 444 g/mol. The van der Waals surface area contributed by atoms with Crippen LogP contribution in [0.15, 0.2) is 84.1 Å². The van der Waals surface area contributed by atoms with Crippen LogP contribution in [0.3, 0.4) is 0 Å². The maximum Gasteiger partial charge on any atom is 0.335 e. The van der Waals surface area contributed by atoms with Gasteiger partial charge >= 0.3 is 5.97 Å². The van der Waals surface area contributed by atoms with Gasteiger partial charge < -0.3 is 27.2 Å². The van der Waals surface area contributed by atoms with Crippen LogP contribution in [0.1, 0.15) is 32.6 Å². The third-order valence-corrected chi connectivity index (χ3v) is 5.42.